The summed E-state index contributed by atoms with van der Waals surface area (Å²) < 4.78 is 9.24. The number of rotatable bonds is 3. The number of ether oxygens (including phenoxy) is 1. The topological polar surface area (TPSA) is 91.3 Å². The maximum atomic E-state index is 11.4. The van der Waals surface area contributed by atoms with Crippen molar-refractivity contribution in [2.75, 3.05) is 5.32 Å². The van der Waals surface area contributed by atoms with Crippen LogP contribution in [-0.4, -0.2) is 11.2 Å². The Morgan fingerprint density at radius 2 is 2.22 bits per heavy atom. The summed E-state index contributed by atoms with van der Waals surface area (Å²) in [6.07, 6.45) is -0.741. The highest BCUT2D eigenvalue weighted by atomic mass is 16.8. The van der Waals surface area contributed by atoms with Crippen molar-refractivity contribution in [2.45, 2.75) is 13.5 Å². The van der Waals surface area contributed by atoms with Crippen LogP contribution in [0.3, 0.4) is 0 Å². The van der Waals surface area contributed by atoms with Crippen LogP contribution in [0.4, 0.5) is 10.6 Å². The van der Waals surface area contributed by atoms with Crippen molar-refractivity contribution in [3.05, 3.63) is 46.8 Å². The number of benzene rings is 1. The Kier molecular flexibility index (Phi) is 3.42. The van der Waals surface area contributed by atoms with Crippen molar-refractivity contribution in [1.82, 2.24) is 5.16 Å². The zero-order chi connectivity index (χ0) is 13.0. The molecular weight excluding hydrogens is 238 g/mol. The second-order valence-corrected chi connectivity index (χ2v) is 3.55. The molecule has 0 saturated carbocycles. The summed E-state index contributed by atoms with van der Waals surface area (Å²) in [4.78, 5) is 11.5. The van der Waals surface area contributed by atoms with Gasteiger partial charge in [-0.05, 0) is 10.7 Å². The highest BCUT2D eigenvalue weighted by Crippen LogP contribution is 2.06. The molecule has 0 saturated heterocycles. The third-order valence-corrected chi connectivity index (χ3v) is 2.21. The fourth-order valence-corrected chi connectivity index (χ4v) is 1.31. The summed E-state index contributed by atoms with van der Waals surface area (Å²) in [6.45, 7) is 1.65. The molecule has 0 aliphatic carbocycles. The number of carbonyl (C=O) groups excluding carboxylic acids is 1. The second kappa shape index (κ2) is 5.17. The first-order valence-electron chi connectivity index (χ1n) is 5.21. The van der Waals surface area contributed by atoms with Crippen LogP contribution in [0, 0.1) is 12.1 Å². The molecule has 1 aromatic heterocycles. The van der Waals surface area contributed by atoms with Crippen molar-refractivity contribution in [3.63, 3.8) is 0 Å². The lowest BCUT2D eigenvalue weighted by atomic mass is 10.2. The molecule has 0 aliphatic heterocycles. The maximum absolute atomic E-state index is 11.4. The third-order valence-electron chi connectivity index (χ3n) is 2.21. The summed E-state index contributed by atoms with van der Waals surface area (Å²) in [7, 11) is 0. The van der Waals surface area contributed by atoms with Gasteiger partial charge in [0, 0.05) is 6.92 Å². The smallest absolute Gasteiger partial charge is 0.433 e. The van der Waals surface area contributed by atoms with Crippen molar-refractivity contribution >= 4 is 11.9 Å². The Labute approximate surface area is 103 Å². The number of nitrogens with one attached hydrogen (secondary N) is 1. The van der Waals surface area contributed by atoms with Crippen molar-refractivity contribution in [2.24, 2.45) is 0 Å². The Morgan fingerprint density at radius 3 is 2.83 bits per heavy atom. The van der Waals surface area contributed by atoms with Gasteiger partial charge in [-0.1, -0.05) is 35.2 Å². The van der Waals surface area contributed by atoms with E-state index in [1.165, 1.54) is 6.92 Å². The maximum Gasteiger partial charge on any atom is 0.474 e. The molecule has 2 rings (SSSR count). The number of hydrogen-bond donors (Lipinski definition) is 1. The molecule has 7 heteroatoms. The van der Waals surface area contributed by atoms with Crippen molar-refractivity contribution in [1.29, 1.82) is 0 Å². The van der Waals surface area contributed by atoms with E-state index in [0.717, 1.165) is 5.56 Å². The molecule has 2 aromatic rings. The van der Waals surface area contributed by atoms with Gasteiger partial charge < -0.3 is 14.6 Å². The van der Waals surface area contributed by atoms with Gasteiger partial charge in [0.2, 0.25) is 5.69 Å². The molecule has 0 radical (unpaired) electrons. The second-order valence-electron chi connectivity index (χ2n) is 3.55. The molecule has 0 unspecified atom stereocenters. The van der Waals surface area contributed by atoms with Gasteiger partial charge in [-0.15, -0.1) is 0 Å². The Bertz CT molecular complexity index is 519. The lowest BCUT2D eigenvalue weighted by Gasteiger charge is -2.03. The van der Waals surface area contributed by atoms with Crippen LogP contribution in [0.25, 0.3) is 0 Å². The standard InChI is InChI=1S/C11H11N3O4/c1-8-10(14(16)18-13-8)12-11(15)17-7-9-5-3-2-4-6-9/h2-6H,7H2,1H3,(H,12,15). The van der Waals surface area contributed by atoms with Crippen LogP contribution in [0.1, 0.15) is 11.3 Å². The average molecular weight is 249 g/mol. The number of hydrogen-bond acceptors (Lipinski definition) is 5. The summed E-state index contributed by atoms with van der Waals surface area (Å²) in [6, 6.07) is 9.19. The minimum absolute atomic E-state index is 0.0759. The SMILES string of the molecule is Cc1no[n+]([O-])c1NC(=O)OCc1ccccc1. The minimum atomic E-state index is -0.741. The average Bonchev–Trinajstić information content (AvgIpc) is 2.69. The first-order valence-corrected chi connectivity index (χ1v) is 5.21. The molecule has 0 fully saturated rings. The predicted octanol–water partition coefficient (Wildman–Crippen LogP) is 1.37. The number of carbonyl (C=O) groups is 1. The number of aryl methyl sites for hydroxylation is 1. The largest absolute Gasteiger partial charge is 0.474 e. The fraction of sp³-hybridized carbons (Fsp3) is 0.182. The van der Waals surface area contributed by atoms with Crippen LogP contribution in [-0.2, 0) is 11.3 Å². The van der Waals surface area contributed by atoms with E-state index in [1.54, 1.807) is 0 Å². The summed E-state index contributed by atoms with van der Waals surface area (Å²) >= 11 is 0. The number of aromatic nitrogens is 2. The molecule has 0 aliphatic rings. The molecule has 0 spiro atoms. The summed E-state index contributed by atoms with van der Waals surface area (Å²) in [5, 5.41) is 16.7. The van der Waals surface area contributed by atoms with Crippen LogP contribution >= 0.6 is 0 Å². The number of anilines is 1. The molecule has 1 amide bonds. The minimum Gasteiger partial charge on any atom is -0.433 e. The van der Waals surface area contributed by atoms with E-state index in [1.807, 2.05) is 30.3 Å². The molecule has 1 aromatic carbocycles. The monoisotopic (exact) mass is 249 g/mol. The van der Waals surface area contributed by atoms with Gasteiger partial charge in [-0.25, -0.2) is 10.1 Å². The Morgan fingerprint density at radius 1 is 1.50 bits per heavy atom. The molecule has 1 N–H and O–H groups in total. The summed E-state index contributed by atoms with van der Waals surface area (Å²) in [5.41, 5.74) is 1.13. The molecule has 1 heterocycles. The first-order chi connectivity index (χ1) is 8.66. The quantitative estimate of drug-likeness (QED) is 0.829. The highest BCUT2D eigenvalue weighted by molar-refractivity contribution is 5.82. The zero-order valence-corrected chi connectivity index (χ0v) is 9.62. The predicted molar refractivity (Wildman–Crippen MR) is 60.4 cm³/mol. The lowest BCUT2D eigenvalue weighted by molar-refractivity contribution is -0.790. The van der Waals surface area contributed by atoms with E-state index >= 15 is 0 Å². The van der Waals surface area contributed by atoms with Gasteiger partial charge in [0.1, 0.15) is 6.61 Å². The number of nitrogens with zero attached hydrogens (tertiary/aromatic N) is 2. The molecule has 7 nitrogen and oxygen atoms in total. The van der Waals surface area contributed by atoms with Gasteiger partial charge in [-0.2, -0.15) is 0 Å². The van der Waals surface area contributed by atoms with E-state index in [0.29, 0.717) is 0 Å². The molecule has 0 atom stereocenters. The van der Waals surface area contributed by atoms with Gasteiger partial charge in [0.15, 0.2) is 0 Å². The zero-order valence-electron chi connectivity index (χ0n) is 9.62. The van der Waals surface area contributed by atoms with Crippen LogP contribution in [0.15, 0.2) is 35.0 Å². The normalized spacial score (nSPS) is 10.1. The van der Waals surface area contributed by atoms with E-state index in [-0.39, 0.29) is 23.0 Å². The molecule has 94 valence electrons. The fourth-order valence-electron chi connectivity index (χ4n) is 1.31. The lowest BCUT2D eigenvalue weighted by Crippen LogP contribution is -2.30. The van der Waals surface area contributed by atoms with Gasteiger partial charge in [0.05, 0.1) is 0 Å². The summed E-state index contributed by atoms with van der Waals surface area (Å²) in [5.74, 6) is -0.0759. The Hall–Kier alpha value is -2.57. The van der Waals surface area contributed by atoms with E-state index in [4.69, 9.17) is 4.74 Å². The van der Waals surface area contributed by atoms with Gasteiger partial charge in [-0.3, -0.25) is 0 Å². The van der Waals surface area contributed by atoms with E-state index in [2.05, 4.69) is 15.1 Å². The first kappa shape index (κ1) is 11.9. The van der Waals surface area contributed by atoms with Crippen molar-refractivity contribution in [3.8, 4) is 0 Å². The van der Waals surface area contributed by atoms with E-state index < -0.39 is 6.09 Å². The van der Waals surface area contributed by atoms with Crippen LogP contribution in [0.2, 0.25) is 0 Å². The Balaban J connectivity index is 1.90. The van der Waals surface area contributed by atoms with Crippen LogP contribution < -0.4 is 10.2 Å². The van der Waals surface area contributed by atoms with Gasteiger partial charge in [0.25, 0.3) is 0 Å². The van der Waals surface area contributed by atoms with Crippen LogP contribution in [0.5, 0.6) is 0 Å². The third kappa shape index (κ3) is 2.76. The molecular formula is C11H11N3O4. The van der Waals surface area contributed by atoms with Crippen molar-refractivity contribution < 1.29 is 19.1 Å². The number of amides is 1. The van der Waals surface area contributed by atoms with Gasteiger partial charge >= 0.3 is 11.9 Å². The molecule has 18 heavy (non-hydrogen) atoms. The van der Waals surface area contributed by atoms with E-state index in [9.17, 15) is 10.0 Å². The highest BCUT2D eigenvalue weighted by Gasteiger charge is 2.18. The molecule has 0 bridgehead atoms.